The van der Waals surface area contributed by atoms with Crippen molar-refractivity contribution in [2.45, 2.75) is 14.9 Å². The van der Waals surface area contributed by atoms with Gasteiger partial charge in [-0.3, -0.25) is 4.79 Å². The average molecular weight is 393 g/mol. The molecule has 0 bridgehead atoms. The lowest BCUT2D eigenvalue weighted by atomic mass is 10.3. The van der Waals surface area contributed by atoms with Crippen LogP contribution < -0.4 is 11.1 Å². The van der Waals surface area contributed by atoms with E-state index in [2.05, 4.69) is 15.3 Å². The summed E-state index contributed by atoms with van der Waals surface area (Å²) in [7, 11) is 0. The molecule has 0 aliphatic carbocycles. The third-order valence-electron chi connectivity index (χ3n) is 3.38. The number of nitrogens with one attached hydrogen (secondary N) is 1. The summed E-state index contributed by atoms with van der Waals surface area (Å²) in [4.78, 5) is 22.4. The first-order valence-corrected chi connectivity index (χ1v) is 9.73. The molecule has 8 heteroatoms. The zero-order valence-corrected chi connectivity index (χ0v) is 15.8. The van der Waals surface area contributed by atoms with Crippen molar-refractivity contribution in [1.29, 1.82) is 5.26 Å². The summed E-state index contributed by atoms with van der Waals surface area (Å²) in [6.07, 6.45) is 1.36. The Morgan fingerprint density at radius 1 is 1.15 bits per heavy atom. The lowest BCUT2D eigenvalue weighted by Gasteiger charge is -2.10. The van der Waals surface area contributed by atoms with Crippen molar-refractivity contribution in [2.75, 3.05) is 16.8 Å². The summed E-state index contributed by atoms with van der Waals surface area (Å²) in [6.45, 7) is 0. The largest absolute Gasteiger partial charge is 0.382 e. The number of benzene rings is 2. The number of amides is 1. The van der Waals surface area contributed by atoms with E-state index in [1.165, 1.54) is 6.20 Å². The summed E-state index contributed by atoms with van der Waals surface area (Å²) >= 11 is 2.74. The molecule has 27 heavy (non-hydrogen) atoms. The molecule has 0 saturated carbocycles. The molecule has 1 aromatic heterocycles. The van der Waals surface area contributed by atoms with Gasteiger partial charge in [-0.15, -0.1) is 0 Å². The third kappa shape index (κ3) is 5.23. The Bertz CT molecular complexity index is 989. The minimum Gasteiger partial charge on any atom is -0.382 e. The lowest BCUT2D eigenvalue weighted by Crippen LogP contribution is -2.15. The van der Waals surface area contributed by atoms with Crippen LogP contribution in [0.25, 0.3) is 0 Å². The molecule has 3 aromatic rings. The zero-order chi connectivity index (χ0) is 19.1. The Labute approximate surface area is 165 Å². The van der Waals surface area contributed by atoms with E-state index in [9.17, 15) is 4.79 Å². The number of anilines is 2. The molecule has 1 heterocycles. The smallest absolute Gasteiger partial charge is 0.234 e. The van der Waals surface area contributed by atoms with Crippen molar-refractivity contribution in [3.63, 3.8) is 0 Å². The number of nitriles is 1. The summed E-state index contributed by atoms with van der Waals surface area (Å²) in [5, 5.41) is 12.1. The summed E-state index contributed by atoms with van der Waals surface area (Å²) in [6, 6.07) is 19.5. The summed E-state index contributed by atoms with van der Waals surface area (Å²) < 4.78 is 0. The molecule has 3 rings (SSSR count). The number of aromatic nitrogens is 2. The van der Waals surface area contributed by atoms with E-state index in [0.717, 1.165) is 27.2 Å². The van der Waals surface area contributed by atoms with E-state index in [1.54, 1.807) is 11.8 Å². The van der Waals surface area contributed by atoms with Crippen LogP contribution in [0, 0.1) is 11.3 Å². The van der Waals surface area contributed by atoms with Crippen LogP contribution in [0.2, 0.25) is 0 Å². The number of nitrogen functional groups attached to an aromatic ring is 1. The van der Waals surface area contributed by atoms with Crippen LogP contribution in [0.15, 0.2) is 75.7 Å². The van der Waals surface area contributed by atoms with Crippen molar-refractivity contribution < 1.29 is 4.79 Å². The van der Waals surface area contributed by atoms with Crippen molar-refractivity contribution in [1.82, 2.24) is 9.97 Å². The number of carbonyl (C=O) groups is 1. The summed E-state index contributed by atoms with van der Waals surface area (Å²) in [5.74, 6) is 0.0722. The molecule has 0 radical (unpaired) electrons. The van der Waals surface area contributed by atoms with Crippen LogP contribution >= 0.6 is 23.5 Å². The molecular formula is C19H15N5OS2. The molecule has 2 aromatic carbocycles. The minimum atomic E-state index is -0.173. The van der Waals surface area contributed by atoms with Crippen LogP contribution in [0.3, 0.4) is 0 Å². The Hall–Kier alpha value is -3.02. The van der Waals surface area contributed by atoms with Crippen molar-refractivity contribution in [3.05, 3.63) is 66.4 Å². The Morgan fingerprint density at radius 3 is 2.63 bits per heavy atom. The molecule has 0 saturated heterocycles. The molecule has 0 aliphatic heterocycles. The fourth-order valence-electron chi connectivity index (χ4n) is 2.12. The van der Waals surface area contributed by atoms with E-state index >= 15 is 0 Å². The van der Waals surface area contributed by atoms with Gasteiger partial charge in [0.1, 0.15) is 17.5 Å². The van der Waals surface area contributed by atoms with E-state index in [0.29, 0.717) is 5.16 Å². The van der Waals surface area contributed by atoms with Gasteiger partial charge >= 0.3 is 0 Å². The third-order valence-corrected chi connectivity index (χ3v) is 5.33. The maximum absolute atomic E-state index is 12.3. The second-order valence-electron chi connectivity index (χ2n) is 5.31. The van der Waals surface area contributed by atoms with Gasteiger partial charge in [0.25, 0.3) is 0 Å². The molecule has 1 amide bonds. The Balaban J connectivity index is 1.63. The maximum Gasteiger partial charge on any atom is 0.234 e. The molecule has 134 valence electrons. The standard InChI is InChI=1S/C19H15N5OS2/c20-10-13-11-22-19(24-18(13)21)26-12-17(25)23-15-8-4-5-9-16(15)27-14-6-2-1-3-7-14/h1-9,11H,12H2,(H,23,25)(H2,21,22,24). The van der Waals surface area contributed by atoms with E-state index in [4.69, 9.17) is 11.0 Å². The number of nitrogens with zero attached hydrogens (tertiary/aromatic N) is 3. The first-order valence-electron chi connectivity index (χ1n) is 7.93. The molecule has 0 aliphatic rings. The van der Waals surface area contributed by atoms with Crippen LogP contribution in [-0.4, -0.2) is 21.6 Å². The van der Waals surface area contributed by atoms with Crippen LogP contribution in [0.4, 0.5) is 11.5 Å². The van der Waals surface area contributed by atoms with Crippen LogP contribution in [0.1, 0.15) is 5.56 Å². The number of rotatable bonds is 6. The lowest BCUT2D eigenvalue weighted by molar-refractivity contribution is -0.113. The maximum atomic E-state index is 12.3. The highest BCUT2D eigenvalue weighted by Crippen LogP contribution is 2.33. The first kappa shape index (κ1) is 18.8. The van der Waals surface area contributed by atoms with Gasteiger partial charge in [-0.2, -0.15) is 5.26 Å². The highest BCUT2D eigenvalue weighted by atomic mass is 32.2. The molecule has 6 nitrogen and oxygen atoms in total. The molecule has 3 N–H and O–H groups in total. The van der Waals surface area contributed by atoms with E-state index in [-0.39, 0.29) is 23.0 Å². The SMILES string of the molecule is N#Cc1cnc(SCC(=O)Nc2ccccc2Sc2ccccc2)nc1N. The fourth-order valence-corrected chi connectivity index (χ4v) is 3.67. The zero-order valence-electron chi connectivity index (χ0n) is 14.1. The van der Waals surface area contributed by atoms with Crippen molar-refractivity contribution in [3.8, 4) is 6.07 Å². The Morgan fingerprint density at radius 2 is 1.89 bits per heavy atom. The fraction of sp³-hybridized carbons (Fsp3) is 0.0526. The monoisotopic (exact) mass is 393 g/mol. The Kier molecular flexibility index (Phi) is 6.30. The number of carbonyl (C=O) groups excluding carboxylic acids is 1. The number of nitrogens with two attached hydrogens (primary N) is 1. The minimum absolute atomic E-state index is 0.111. The molecule has 0 atom stereocenters. The van der Waals surface area contributed by atoms with Gasteiger partial charge < -0.3 is 11.1 Å². The normalized spacial score (nSPS) is 10.2. The topological polar surface area (TPSA) is 105 Å². The summed E-state index contributed by atoms with van der Waals surface area (Å²) in [5.41, 5.74) is 6.63. The van der Waals surface area contributed by atoms with Crippen molar-refractivity contribution in [2.24, 2.45) is 0 Å². The number of hydrogen-bond acceptors (Lipinski definition) is 7. The molecular weight excluding hydrogens is 378 g/mol. The molecule has 0 unspecified atom stereocenters. The van der Waals surface area contributed by atoms with Gasteiger partial charge in [-0.1, -0.05) is 53.9 Å². The van der Waals surface area contributed by atoms with Crippen LogP contribution in [-0.2, 0) is 4.79 Å². The molecule has 0 spiro atoms. The average Bonchev–Trinajstić information content (AvgIpc) is 2.69. The van der Waals surface area contributed by atoms with Gasteiger partial charge in [0.05, 0.1) is 17.6 Å². The quantitative estimate of drug-likeness (QED) is 0.484. The van der Waals surface area contributed by atoms with Gasteiger partial charge in [0, 0.05) is 9.79 Å². The van der Waals surface area contributed by atoms with Crippen LogP contribution in [0.5, 0.6) is 0 Å². The van der Waals surface area contributed by atoms with E-state index < -0.39 is 0 Å². The van der Waals surface area contributed by atoms with Gasteiger partial charge in [-0.25, -0.2) is 9.97 Å². The highest BCUT2D eigenvalue weighted by Gasteiger charge is 2.10. The highest BCUT2D eigenvalue weighted by molar-refractivity contribution is 8.00. The number of para-hydroxylation sites is 1. The number of thioether (sulfide) groups is 1. The van der Waals surface area contributed by atoms with Crippen molar-refractivity contribution >= 4 is 40.9 Å². The predicted octanol–water partition coefficient (Wildman–Crippen LogP) is 3.81. The van der Waals surface area contributed by atoms with Gasteiger partial charge in [0.15, 0.2) is 5.16 Å². The second-order valence-corrected chi connectivity index (χ2v) is 7.37. The van der Waals surface area contributed by atoms with E-state index in [1.807, 2.05) is 60.7 Å². The van der Waals surface area contributed by atoms with Gasteiger partial charge in [-0.05, 0) is 24.3 Å². The first-order chi connectivity index (χ1) is 13.2. The second kappa shape index (κ2) is 9.07. The van der Waals surface area contributed by atoms with Gasteiger partial charge in [0.2, 0.25) is 5.91 Å². The number of hydrogen-bond donors (Lipinski definition) is 2. The molecule has 0 fully saturated rings. The predicted molar refractivity (Wildman–Crippen MR) is 108 cm³/mol.